The van der Waals surface area contributed by atoms with E-state index in [0.717, 1.165) is 12.8 Å². The first-order valence-corrected chi connectivity index (χ1v) is 9.00. The van der Waals surface area contributed by atoms with Crippen molar-refractivity contribution in [3.63, 3.8) is 0 Å². The third-order valence-corrected chi connectivity index (χ3v) is 5.52. The van der Waals surface area contributed by atoms with E-state index in [1.165, 1.54) is 12.8 Å². The smallest absolute Gasteiger partial charge is 0.268 e. The summed E-state index contributed by atoms with van der Waals surface area (Å²) in [4.78, 5) is 12.2. The van der Waals surface area contributed by atoms with E-state index in [4.69, 9.17) is 0 Å². The van der Waals surface area contributed by atoms with Crippen LogP contribution < -0.4 is 4.72 Å². The Labute approximate surface area is 126 Å². The van der Waals surface area contributed by atoms with Crippen LogP contribution in [-0.4, -0.2) is 29.9 Å². The normalized spacial score (nSPS) is 16.3. The van der Waals surface area contributed by atoms with Gasteiger partial charge in [0.1, 0.15) is 0 Å². The lowest BCUT2D eigenvalue weighted by Gasteiger charge is -2.10. The number of sulfonamides is 1. The van der Waals surface area contributed by atoms with Crippen molar-refractivity contribution in [2.75, 3.05) is 5.75 Å². The molecule has 0 bridgehead atoms. The van der Waals surface area contributed by atoms with Gasteiger partial charge >= 0.3 is 0 Å². The summed E-state index contributed by atoms with van der Waals surface area (Å²) in [5.74, 6) is -0.0787. The summed E-state index contributed by atoms with van der Waals surface area (Å²) in [7, 11) is -1.85. The number of hydrogen-bond acceptors (Lipinski definition) is 4. The van der Waals surface area contributed by atoms with Crippen LogP contribution in [0.15, 0.2) is 0 Å². The molecular weight excluding hydrogens is 290 g/mol. The molecule has 0 saturated heterocycles. The molecule has 7 heteroatoms. The molecule has 0 unspecified atom stereocenters. The van der Waals surface area contributed by atoms with Gasteiger partial charge in [0.15, 0.2) is 0 Å². The Morgan fingerprint density at radius 3 is 2.48 bits per heavy atom. The van der Waals surface area contributed by atoms with Crippen molar-refractivity contribution in [3.05, 3.63) is 17.0 Å². The number of hydrogen-bond donors (Lipinski definition) is 1. The van der Waals surface area contributed by atoms with Gasteiger partial charge in [-0.2, -0.15) is 5.10 Å². The maximum Gasteiger partial charge on any atom is 0.268 e. The van der Waals surface area contributed by atoms with E-state index in [-0.39, 0.29) is 5.75 Å². The van der Waals surface area contributed by atoms with Gasteiger partial charge in [0, 0.05) is 12.7 Å². The number of amides is 1. The number of aromatic nitrogens is 2. The SMILES string of the molecule is Cc1nn(C)c(C)c1C(=O)NS(=O)(=O)CCC1CCCC1. The van der Waals surface area contributed by atoms with Crippen molar-refractivity contribution in [2.24, 2.45) is 13.0 Å². The minimum Gasteiger partial charge on any atom is -0.272 e. The van der Waals surface area contributed by atoms with Crippen molar-refractivity contribution < 1.29 is 13.2 Å². The topological polar surface area (TPSA) is 81.1 Å². The minimum absolute atomic E-state index is 0.0156. The zero-order valence-electron chi connectivity index (χ0n) is 12.8. The molecule has 0 radical (unpaired) electrons. The van der Waals surface area contributed by atoms with Crippen LogP contribution in [0.2, 0.25) is 0 Å². The third kappa shape index (κ3) is 3.84. The quantitative estimate of drug-likeness (QED) is 0.896. The summed E-state index contributed by atoms with van der Waals surface area (Å²) in [6.07, 6.45) is 5.21. The molecular formula is C14H23N3O3S. The lowest BCUT2D eigenvalue weighted by Crippen LogP contribution is -2.33. The highest BCUT2D eigenvalue weighted by Crippen LogP contribution is 2.27. The van der Waals surface area contributed by atoms with E-state index in [0.29, 0.717) is 29.3 Å². The molecule has 1 aliphatic rings. The molecule has 118 valence electrons. The zero-order valence-corrected chi connectivity index (χ0v) is 13.7. The lowest BCUT2D eigenvalue weighted by atomic mass is 10.1. The molecule has 0 atom stereocenters. The summed E-state index contributed by atoms with van der Waals surface area (Å²) in [5, 5.41) is 4.13. The second-order valence-electron chi connectivity index (χ2n) is 5.86. The Morgan fingerprint density at radius 2 is 1.95 bits per heavy atom. The van der Waals surface area contributed by atoms with Crippen LogP contribution >= 0.6 is 0 Å². The Kier molecular flexibility index (Phi) is 4.70. The van der Waals surface area contributed by atoms with Crippen molar-refractivity contribution in [2.45, 2.75) is 46.0 Å². The summed E-state index contributed by atoms with van der Waals surface area (Å²) in [5.41, 5.74) is 1.55. The van der Waals surface area contributed by atoms with Crippen LogP contribution in [-0.2, 0) is 17.1 Å². The first-order valence-electron chi connectivity index (χ1n) is 7.35. The molecule has 2 rings (SSSR count). The number of nitrogens with one attached hydrogen (secondary N) is 1. The van der Waals surface area contributed by atoms with Gasteiger partial charge in [-0.15, -0.1) is 0 Å². The Morgan fingerprint density at radius 1 is 1.33 bits per heavy atom. The molecule has 1 fully saturated rings. The number of carbonyl (C=O) groups is 1. The standard InChI is InChI=1S/C14H23N3O3S/c1-10-13(11(2)17(3)15-10)14(18)16-21(19,20)9-8-12-6-4-5-7-12/h12H,4-9H2,1-3H3,(H,16,18). The maximum absolute atomic E-state index is 12.2. The van der Waals surface area contributed by atoms with E-state index >= 15 is 0 Å². The average molecular weight is 313 g/mol. The second-order valence-corrected chi connectivity index (χ2v) is 7.70. The highest BCUT2D eigenvalue weighted by molar-refractivity contribution is 7.90. The third-order valence-electron chi connectivity index (χ3n) is 4.25. The molecule has 1 aromatic rings. The fraction of sp³-hybridized carbons (Fsp3) is 0.714. The van der Waals surface area contributed by atoms with Crippen molar-refractivity contribution in [1.29, 1.82) is 0 Å². The van der Waals surface area contributed by atoms with Gasteiger partial charge in [-0.05, 0) is 26.2 Å². The van der Waals surface area contributed by atoms with Gasteiger partial charge in [0.25, 0.3) is 5.91 Å². The summed E-state index contributed by atoms with van der Waals surface area (Å²) in [6.45, 7) is 3.45. The highest BCUT2D eigenvalue weighted by Gasteiger charge is 2.24. The van der Waals surface area contributed by atoms with Crippen LogP contribution in [0.3, 0.4) is 0 Å². The molecule has 0 aromatic carbocycles. The number of carbonyl (C=O) groups excluding carboxylic acids is 1. The molecule has 1 saturated carbocycles. The number of aryl methyl sites for hydroxylation is 2. The van der Waals surface area contributed by atoms with Gasteiger partial charge in [-0.25, -0.2) is 13.1 Å². The fourth-order valence-electron chi connectivity index (χ4n) is 2.97. The Balaban J connectivity index is 2.00. The highest BCUT2D eigenvalue weighted by atomic mass is 32.2. The molecule has 1 aliphatic carbocycles. The number of rotatable bonds is 5. The van der Waals surface area contributed by atoms with Gasteiger partial charge in [-0.3, -0.25) is 9.48 Å². The maximum atomic E-state index is 12.2. The molecule has 1 aromatic heterocycles. The summed E-state index contributed by atoms with van der Waals surface area (Å²) >= 11 is 0. The van der Waals surface area contributed by atoms with E-state index in [2.05, 4.69) is 9.82 Å². The predicted octanol–water partition coefficient (Wildman–Crippen LogP) is 1.68. The van der Waals surface area contributed by atoms with Crippen molar-refractivity contribution in [1.82, 2.24) is 14.5 Å². The largest absolute Gasteiger partial charge is 0.272 e. The van der Waals surface area contributed by atoms with Gasteiger partial charge in [0.2, 0.25) is 10.0 Å². The van der Waals surface area contributed by atoms with E-state index in [1.807, 2.05) is 0 Å². The van der Waals surface area contributed by atoms with E-state index in [1.54, 1.807) is 25.6 Å². The minimum atomic E-state index is -3.58. The first kappa shape index (κ1) is 16.0. The molecule has 1 heterocycles. The molecule has 0 aliphatic heterocycles. The van der Waals surface area contributed by atoms with E-state index in [9.17, 15) is 13.2 Å². The zero-order chi connectivity index (χ0) is 15.6. The van der Waals surface area contributed by atoms with Crippen molar-refractivity contribution >= 4 is 15.9 Å². The van der Waals surface area contributed by atoms with Gasteiger partial charge in [-0.1, -0.05) is 25.7 Å². The summed E-state index contributed by atoms with van der Waals surface area (Å²) in [6, 6.07) is 0. The molecule has 6 nitrogen and oxygen atoms in total. The molecule has 21 heavy (non-hydrogen) atoms. The van der Waals surface area contributed by atoms with Gasteiger partial charge in [0.05, 0.1) is 17.0 Å². The van der Waals surface area contributed by atoms with E-state index < -0.39 is 15.9 Å². The van der Waals surface area contributed by atoms with Crippen molar-refractivity contribution in [3.8, 4) is 0 Å². The average Bonchev–Trinajstić information content (AvgIpc) is 2.96. The fourth-order valence-corrected chi connectivity index (χ4v) is 4.10. The Hall–Kier alpha value is -1.37. The lowest BCUT2D eigenvalue weighted by molar-refractivity contribution is 0.0980. The van der Waals surface area contributed by atoms with Crippen LogP contribution in [0, 0.1) is 19.8 Å². The van der Waals surface area contributed by atoms with Gasteiger partial charge < -0.3 is 0 Å². The first-order chi connectivity index (χ1) is 9.80. The monoisotopic (exact) mass is 313 g/mol. The summed E-state index contributed by atoms with van der Waals surface area (Å²) < 4.78 is 27.8. The molecule has 1 N–H and O–H groups in total. The molecule has 0 spiro atoms. The van der Waals surface area contributed by atoms with Crippen LogP contribution in [0.1, 0.15) is 53.8 Å². The Bertz CT molecular complexity index is 628. The number of nitrogens with zero attached hydrogens (tertiary/aromatic N) is 2. The van der Waals surface area contributed by atoms with Crippen LogP contribution in [0.5, 0.6) is 0 Å². The second kappa shape index (κ2) is 6.17. The predicted molar refractivity (Wildman–Crippen MR) is 80.5 cm³/mol. The van der Waals surface area contributed by atoms with Crippen LogP contribution in [0.4, 0.5) is 0 Å². The molecule has 1 amide bonds. The van der Waals surface area contributed by atoms with Crippen LogP contribution in [0.25, 0.3) is 0 Å².